The normalized spacial score (nSPS) is 17.9. The summed E-state index contributed by atoms with van der Waals surface area (Å²) in [5, 5.41) is 27.2. The van der Waals surface area contributed by atoms with E-state index in [9.17, 15) is 29.4 Å². The van der Waals surface area contributed by atoms with Crippen molar-refractivity contribution in [3.63, 3.8) is 0 Å². The van der Waals surface area contributed by atoms with Crippen molar-refractivity contribution in [1.82, 2.24) is 14.7 Å². The number of ketones is 2. The van der Waals surface area contributed by atoms with E-state index in [4.69, 9.17) is 27.9 Å². The SMILES string of the molecule is Cc1ccc2c(O)cc3c(c2c1)[C@H](CCl)CN3C(=O)c1cc2cc(CC(=O)CCN3CCN(C)CC3)ccc2[se]1.Cc1ccc2c(O)cc3c(c2c1)[C@H](CCl)CN3C(=O)c1cc2cc(CC(=O)CCN3CCOCC3)ccc2[se]1. The Bertz CT molecular complexity index is 3660. The average molecular weight is 1230 g/mol. The van der Waals surface area contributed by atoms with E-state index >= 15 is 0 Å². The van der Waals surface area contributed by atoms with Crippen LogP contribution in [-0.4, -0.2) is 175 Å². The zero-order chi connectivity index (χ0) is 55.1. The molecule has 2 fully saturated rings. The summed E-state index contributed by atoms with van der Waals surface area (Å²) in [5.41, 5.74) is 7.78. The summed E-state index contributed by atoms with van der Waals surface area (Å²) in [6, 6.07) is 31.7. The molecule has 8 aromatic rings. The molecular formula is C63H65Cl2N5O7Se2. The zero-order valence-electron chi connectivity index (χ0n) is 44.9. The fraction of sp³-hybridized carbons (Fsp3) is 0.365. The van der Waals surface area contributed by atoms with Gasteiger partial charge in [-0.3, -0.25) is 0 Å². The number of phenolic OH excluding ortho intramolecular Hbond substituents is 2. The molecule has 79 heavy (non-hydrogen) atoms. The van der Waals surface area contributed by atoms with Gasteiger partial charge in [0, 0.05) is 0 Å². The van der Waals surface area contributed by atoms with E-state index in [-0.39, 0.29) is 75.7 Å². The van der Waals surface area contributed by atoms with Crippen molar-refractivity contribution in [3.8, 4) is 11.5 Å². The number of carbonyl (C=O) groups excluding carboxylic acids is 4. The molecule has 6 aromatic carbocycles. The van der Waals surface area contributed by atoms with Gasteiger partial charge in [0.05, 0.1) is 0 Å². The van der Waals surface area contributed by atoms with Gasteiger partial charge in [-0.15, -0.1) is 0 Å². The predicted octanol–water partition coefficient (Wildman–Crippen LogP) is 9.68. The number of nitrogens with zero attached hydrogens (tertiary/aromatic N) is 5. The second kappa shape index (κ2) is 24.0. The summed E-state index contributed by atoms with van der Waals surface area (Å²) in [6.45, 7) is 14.1. The first-order valence-electron chi connectivity index (χ1n) is 27.3. The number of fused-ring (bicyclic) bond motifs is 8. The predicted molar refractivity (Wildman–Crippen MR) is 321 cm³/mol. The van der Waals surface area contributed by atoms with Crippen molar-refractivity contribution in [3.05, 3.63) is 139 Å². The number of phenols is 2. The summed E-state index contributed by atoms with van der Waals surface area (Å²) in [7, 11) is 2.14. The van der Waals surface area contributed by atoms with Crippen LogP contribution >= 0.6 is 23.2 Å². The van der Waals surface area contributed by atoms with Gasteiger partial charge in [-0.25, -0.2) is 0 Å². The van der Waals surface area contributed by atoms with E-state index in [1.54, 1.807) is 21.9 Å². The molecule has 0 radical (unpaired) electrons. The zero-order valence-corrected chi connectivity index (χ0v) is 49.8. The number of anilines is 2. The van der Waals surface area contributed by atoms with E-state index in [0.717, 1.165) is 160 Å². The van der Waals surface area contributed by atoms with Gasteiger partial charge in [-0.2, -0.15) is 0 Å². The Morgan fingerprint density at radius 1 is 0.557 bits per heavy atom. The molecule has 410 valence electrons. The fourth-order valence-electron chi connectivity index (χ4n) is 11.8. The quantitative estimate of drug-likeness (QED) is 0.0801. The molecule has 12 rings (SSSR count). The number of amides is 2. The minimum atomic E-state index is -0.125. The van der Waals surface area contributed by atoms with E-state index in [1.165, 1.54) is 0 Å². The number of piperazine rings is 1. The molecule has 0 bridgehead atoms. The van der Waals surface area contributed by atoms with Crippen molar-refractivity contribution >= 4 is 128 Å². The maximum atomic E-state index is 13.9. The molecule has 12 nitrogen and oxygen atoms in total. The second-order valence-electron chi connectivity index (χ2n) is 21.8. The summed E-state index contributed by atoms with van der Waals surface area (Å²) in [5.74, 6) is 1.59. The Morgan fingerprint density at radius 2 is 1.00 bits per heavy atom. The van der Waals surface area contributed by atoms with Gasteiger partial charge in [0.25, 0.3) is 0 Å². The second-order valence-corrected chi connectivity index (χ2v) is 26.9. The summed E-state index contributed by atoms with van der Waals surface area (Å²) in [4.78, 5) is 63.7. The first-order valence-corrected chi connectivity index (χ1v) is 31.8. The van der Waals surface area contributed by atoms with Crippen LogP contribution in [0, 0.1) is 13.8 Å². The number of Topliss-reactive ketones (excluding diaryl/α,β-unsaturated/α-hetero) is 2. The topological polar surface area (TPSA) is 134 Å². The number of morpholine rings is 1. The van der Waals surface area contributed by atoms with Crippen LogP contribution in [0.4, 0.5) is 11.4 Å². The molecule has 4 aliphatic heterocycles. The number of benzene rings is 6. The van der Waals surface area contributed by atoms with Gasteiger partial charge in [0.15, 0.2) is 0 Å². The Labute approximate surface area is 482 Å². The number of hydrogen-bond donors (Lipinski definition) is 2. The van der Waals surface area contributed by atoms with Crippen LogP contribution < -0.4 is 9.80 Å². The molecule has 16 heteroatoms. The monoisotopic (exact) mass is 1230 g/mol. The van der Waals surface area contributed by atoms with Crippen LogP contribution in [0.2, 0.25) is 0 Å². The molecule has 0 aliphatic carbocycles. The number of hydrogen-bond acceptors (Lipinski definition) is 10. The van der Waals surface area contributed by atoms with Crippen molar-refractivity contribution in [2.75, 3.05) is 107 Å². The number of carbonyl (C=O) groups is 4. The number of aryl methyl sites for hydroxylation is 2. The van der Waals surface area contributed by atoms with E-state index in [0.29, 0.717) is 50.5 Å². The molecule has 0 spiro atoms. The number of alkyl halides is 2. The van der Waals surface area contributed by atoms with Crippen LogP contribution in [0.5, 0.6) is 11.5 Å². The Balaban J connectivity index is 0.000000167. The summed E-state index contributed by atoms with van der Waals surface area (Å²) < 4.78 is 9.26. The van der Waals surface area contributed by atoms with Crippen LogP contribution in [0.1, 0.15) is 76.5 Å². The molecule has 4 aliphatic rings. The van der Waals surface area contributed by atoms with Gasteiger partial charge in [-0.1, -0.05) is 0 Å². The summed E-state index contributed by atoms with van der Waals surface area (Å²) >= 11 is 12.6. The maximum absolute atomic E-state index is 13.9. The molecular weight excluding hydrogens is 1170 g/mol. The third-order valence-electron chi connectivity index (χ3n) is 16.1. The van der Waals surface area contributed by atoms with E-state index < -0.39 is 0 Å². The van der Waals surface area contributed by atoms with Crippen LogP contribution in [0.25, 0.3) is 40.8 Å². The van der Waals surface area contributed by atoms with Crippen LogP contribution in [-0.2, 0) is 27.2 Å². The van der Waals surface area contributed by atoms with Crippen molar-refractivity contribution < 1.29 is 34.1 Å². The molecule has 2 atom stereocenters. The summed E-state index contributed by atoms with van der Waals surface area (Å²) in [6.07, 6.45) is 1.94. The number of aromatic hydroxyl groups is 2. The van der Waals surface area contributed by atoms with Crippen molar-refractivity contribution in [2.45, 2.75) is 51.4 Å². The van der Waals surface area contributed by atoms with Crippen LogP contribution in [0.3, 0.4) is 0 Å². The molecule has 6 heterocycles. The Hall–Kier alpha value is -5.34. The molecule has 2 amide bonds. The third kappa shape index (κ3) is 11.9. The minimum absolute atomic E-state index is 0.00229. The number of likely N-dealkylation sites (N-methyl/N-ethyl adjacent to an activating group) is 1. The molecule has 0 saturated carbocycles. The van der Waals surface area contributed by atoms with Crippen LogP contribution in [0.15, 0.2) is 97.1 Å². The molecule has 0 unspecified atom stereocenters. The Kier molecular flexibility index (Phi) is 16.9. The van der Waals surface area contributed by atoms with Gasteiger partial charge in [-0.05, 0) is 7.05 Å². The van der Waals surface area contributed by atoms with E-state index in [2.05, 4.69) is 58.1 Å². The number of ether oxygens (including phenoxy) is 1. The first kappa shape index (κ1) is 55.6. The first-order chi connectivity index (χ1) is 38.2. The third-order valence-corrected chi connectivity index (χ3v) is 21.5. The number of rotatable bonds is 14. The van der Waals surface area contributed by atoms with Gasteiger partial charge in [0.1, 0.15) is 0 Å². The molecule has 2 aromatic heterocycles. The van der Waals surface area contributed by atoms with Gasteiger partial charge < -0.3 is 0 Å². The fourth-order valence-corrected chi connectivity index (χ4v) is 16.5. The van der Waals surface area contributed by atoms with Gasteiger partial charge >= 0.3 is 479 Å². The van der Waals surface area contributed by atoms with Crippen molar-refractivity contribution in [2.24, 2.45) is 0 Å². The van der Waals surface area contributed by atoms with Gasteiger partial charge in [0.2, 0.25) is 0 Å². The Morgan fingerprint density at radius 3 is 1.44 bits per heavy atom. The van der Waals surface area contributed by atoms with Crippen molar-refractivity contribution in [1.29, 1.82) is 0 Å². The number of halogens is 2. The average Bonchev–Trinajstić information content (AvgIpc) is 4.31. The van der Waals surface area contributed by atoms with E-state index in [1.807, 2.05) is 62.4 Å². The molecule has 2 N–H and O–H groups in total. The standard InChI is InChI=1S/C32H34ClN3O3Se.C31H31ClN2O4Se/c1-20-3-5-25-26(13-20)31-23(18-33)19-36(27(31)17-28(25)38)32(39)30-16-22-14-21(4-6-29(22)40-30)15-24(37)7-8-35-11-9-34(2)10-12-35;1-19-2-4-24-25(12-19)30-22(17-32)18-34(26(30)16-27(24)36)31(37)29-15-21-13-20(3-5-28(21)39-29)14-23(35)6-7-33-8-10-38-11-9-33/h3-6,13-14,16-17,23,38H,7-12,15,18-19H2,1-2H3;2-5,12-13,15-16,22,36H,6-11,14,17-18H2,1H3/t23-;22-/m11/s1. The molecule has 2 saturated heterocycles.